The Morgan fingerprint density at radius 2 is 2.08 bits per heavy atom. The van der Waals surface area contributed by atoms with Crippen molar-refractivity contribution in [1.82, 2.24) is 24.3 Å². The molecule has 1 amide bonds. The normalized spacial score (nSPS) is 16.2. The Kier molecular flexibility index (Phi) is 7.15. The van der Waals surface area contributed by atoms with Gasteiger partial charge in [-0.2, -0.15) is 0 Å². The van der Waals surface area contributed by atoms with E-state index in [1.54, 1.807) is 12.3 Å². The average Bonchev–Trinajstić information content (AvgIpc) is 3.65. The number of aromatic nitrogens is 3. The van der Waals surface area contributed by atoms with E-state index in [0.717, 1.165) is 35.6 Å². The van der Waals surface area contributed by atoms with Crippen molar-refractivity contribution in [1.29, 1.82) is 0 Å². The Morgan fingerprint density at radius 1 is 1.27 bits per heavy atom. The molecule has 0 spiro atoms. The minimum Gasteiger partial charge on any atom is -0.491 e. The Hall–Kier alpha value is -3.46. The van der Waals surface area contributed by atoms with Gasteiger partial charge in [0, 0.05) is 50.2 Å². The molecule has 3 aromatic rings. The minimum absolute atomic E-state index is 0.0190. The number of fused-ring (bicyclic) bond motifs is 1. The SMILES string of the molecule is CCOc1cc([C@H](C)N2CCc3c(CN(C)C4CC4)cc(Cn4ccnc4NC)cc3C2=O)ncc1F. The molecule has 8 nitrogen and oxygen atoms in total. The van der Waals surface area contributed by atoms with Crippen molar-refractivity contribution in [2.24, 2.45) is 0 Å². The smallest absolute Gasteiger partial charge is 0.254 e. The van der Waals surface area contributed by atoms with Crippen LogP contribution in [0.3, 0.4) is 0 Å². The van der Waals surface area contributed by atoms with Crippen molar-refractivity contribution in [3.63, 3.8) is 0 Å². The number of anilines is 1. The van der Waals surface area contributed by atoms with Gasteiger partial charge in [0.15, 0.2) is 11.6 Å². The number of carbonyl (C=O) groups is 1. The van der Waals surface area contributed by atoms with Gasteiger partial charge in [0.2, 0.25) is 5.95 Å². The number of hydrogen-bond donors (Lipinski definition) is 1. The van der Waals surface area contributed by atoms with Crippen LogP contribution in [-0.4, -0.2) is 63.5 Å². The van der Waals surface area contributed by atoms with Crippen LogP contribution in [0.5, 0.6) is 5.75 Å². The average molecular weight is 507 g/mol. The molecule has 5 rings (SSSR count). The molecular formula is C28H35FN6O2. The summed E-state index contributed by atoms with van der Waals surface area (Å²) in [4.78, 5) is 26.8. The summed E-state index contributed by atoms with van der Waals surface area (Å²) in [5.41, 5.74) is 4.77. The first kappa shape index (κ1) is 25.2. The standard InChI is InChI=1S/C28H35FN6O2/c1-5-37-26-14-25(32-15-24(26)29)18(2)35-10-8-22-20(17-33(4)21-6-7-21)12-19(13-23(22)27(35)36)16-34-11-9-31-28(34)30-3/h9,11-15,18,21H,5-8,10,16-17H2,1-4H3,(H,30,31)/t18-/m0/s1. The molecule has 3 heterocycles. The number of imidazole rings is 1. The van der Waals surface area contributed by atoms with Gasteiger partial charge in [-0.15, -0.1) is 0 Å². The highest BCUT2D eigenvalue weighted by molar-refractivity contribution is 5.97. The second kappa shape index (κ2) is 10.5. The second-order valence-corrected chi connectivity index (χ2v) is 9.95. The minimum atomic E-state index is -0.498. The van der Waals surface area contributed by atoms with Gasteiger partial charge >= 0.3 is 0 Å². The van der Waals surface area contributed by atoms with E-state index >= 15 is 0 Å². The first-order valence-electron chi connectivity index (χ1n) is 13.0. The summed E-state index contributed by atoms with van der Waals surface area (Å²) in [6.45, 7) is 6.13. The van der Waals surface area contributed by atoms with Crippen LogP contribution in [-0.2, 0) is 19.5 Å². The highest BCUT2D eigenvalue weighted by atomic mass is 19.1. The summed E-state index contributed by atoms with van der Waals surface area (Å²) in [6, 6.07) is 6.20. The number of nitrogens with one attached hydrogen (secondary N) is 1. The fourth-order valence-electron chi connectivity index (χ4n) is 5.24. The van der Waals surface area contributed by atoms with Gasteiger partial charge in [-0.25, -0.2) is 9.37 Å². The molecule has 2 aromatic heterocycles. The maximum atomic E-state index is 14.1. The number of pyridine rings is 1. The zero-order valence-corrected chi connectivity index (χ0v) is 22.0. The predicted octanol–water partition coefficient (Wildman–Crippen LogP) is 4.26. The first-order valence-corrected chi connectivity index (χ1v) is 13.0. The number of rotatable bonds is 10. The molecule has 1 saturated carbocycles. The summed E-state index contributed by atoms with van der Waals surface area (Å²) in [6.07, 6.45) is 8.12. The number of carbonyl (C=O) groups excluding carboxylic acids is 1. The summed E-state index contributed by atoms with van der Waals surface area (Å²) in [7, 11) is 4.02. The van der Waals surface area contributed by atoms with E-state index in [1.807, 2.05) is 42.6 Å². The molecule has 1 aliphatic heterocycles. The molecule has 1 atom stereocenters. The molecule has 2 aliphatic rings. The Bertz CT molecular complexity index is 1290. The molecule has 0 bridgehead atoms. The number of hydrogen-bond acceptors (Lipinski definition) is 6. The third-order valence-electron chi connectivity index (χ3n) is 7.41. The molecule has 0 unspecified atom stereocenters. The third-order valence-corrected chi connectivity index (χ3v) is 7.41. The topological polar surface area (TPSA) is 75.5 Å². The van der Waals surface area contributed by atoms with E-state index < -0.39 is 5.82 Å². The zero-order chi connectivity index (χ0) is 26.1. The van der Waals surface area contributed by atoms with Gasteiger partial charge in [0.1, 0.15) is 0 Å². The number of nitrogens with zero attached hydrogens (tertiary/aromatic N) is 5. The molecule has 1 fully saturated rings. The summed E-state index contributed by atoms with van der Waals surface area (Å²) in [5.74, 6) is 0.429. The fourth-order valence-corrected chi connectivity index (χ4v) is 5.24. The third kappa shape index (κ3) is 5.18. The van der Waals surface area contributed by atoms with Crippen LogP contribution in [0.1, 0.15) is 65.5 Å². The van der Waals surface area contributed by atoms with Gasteiger partial charge in [0.25, 0.3) is 5.91 Å². The molecule has 1 aromatic carbocycles. The van der Waals surface area contributed by atoms with Crippen molar-refractivity contribution in [3.05, 3.63) is 70.6 Å². The van der Waals surface area contributed by atoms with Crippen molar-refractivity contribution >= 4 is 11.9 Å². The molecule has 196 valence electrons. The van der Waals surface area contributed by atoms with Crippen LogP contribution in [0, 0.1) is 5.82 Å². The number of amides is 1. The van der Waals surface area contributed by atoms with E-state index in [9.17, 15) is 9.18 Å². The molecule has 1 aliphatic carbocycles. The largest absolute Gasteiger partial charge is 0.491 e. The van der Waals surface area contributed by atoms with Crippen molar-refractivity contribution in [2.45, 2.75) is 58.3 Å². The molecule has 0 saturated heterocycles. The van der Waals surface area contributed by atoms with Crippen LogP contribution in [0.25, 0.3) is 0 Å². The first-order chi connectivity index (χ1) is 17.9. The fraction of sp³-hybridized carbons (Fsp3) is 0.464. The van der Waals surface area contributed by atoms with Gasteiger partial charge in [-0.05, 0) is 62.9 Å². The number of ether oxygens (including phenoxy) is 1. The maximum absolute atomic E-state index is 14.1. The Morgan fingerprint density at radius 3 is 2.81 bits per heavy atom. The van der Waals surface area contributed by atoms with Gasteiger partial charge < -0.3 is 19.5 Å². The van der Waals surface area contributed by atoms with Crippen LogP contribution in [0.4, 0.5) is 10.3 Å². The maximum Gasteiger partial charge on any atom is 0.254 e. The van der Waals surface area contributed by atoms with Crippen molar-refractivity contribution < 1.29 is 13.9 Å². The number of benzene rings is 1. The quantitative estimate of drug-likeness (QED) is 0.443. The molecule has 0 radical (unpaired) electrons. The Balaban J connectivity index is 1.47. The van der Waals surface area contributed by atoms with E-state index in [4.69, 9.17) is 4.74 Å². The van der Waals surface area contributed by atoms with Gasteiger partial charge in [-0.3, -0.25) is 14.7 Å². The molecule has 1 N–H and O–H groups in total. The van der Waals surface area contributed by atoms with Crippen LogP contribution < -0.4 is 10.1 Å². The molecule has 9 heteroatoms. The lowest BCUT2D eigenvalue weighted by Gasteiger charge is -2.35. The van der Waals surface area contributed by atoms with Gasteiger partial charge in [-0.1, -0.05) is 6.07 Å². The van der Waals surface area contributed by atoms with Crippen molar-refractivity contribution in [3.8, 4) is 5.75 Å². The summed E-state index contributed by atoms with van der Waals surface area (Å²) >= 11 is 0. The number of halogens is 1. The van der Waals surface area contributed by atoms with Crippen LogP contribution in [0.2, 0.25) is 0 Å². The monoisotopic (exact) mass is 506 g/mol. The van der Waals surface area contributed by atoms with E-state index in [2.05, 4.69) is 33.3 Å². The summed E-state index contributed by atoms with van der Waals surface area (Å²) < 4.78 is 21.6. The molecular weight excluding hydrogens is 471 g/mol. The van der Waals surface area contributed by atoms with E-state index in [0.29, 0.717) is 31.4 Å². The lowest BCUT2D eigenvalue weighted by Crippen LogP contribution is -2.40. The van der Waals surface area contributed by atoms with E-state index in [1.165, 1.54) is 24.6 Å². The van der Waals surface area contributed by atoms with Gasteiger partial charge in [0.05, 0.1) is 31.1 Å². The second-order valence-electron chi connectivity index (χ2n) is 9.95. The zero-order valence-electron chi connectivity index (χ0n) is 22.0. The predicted molar refractivity (Wildman–Crippen MR) is 140 cm³/mol. The highest BCUT2D eigenvalue weighted by Gasteiger charge is 2.33. The molecule has 37 heavy (non-hydrogen) atoms. The lowest BCUT2D eigenvalue weighted by atomic mass is 9.90. The highest BCUT2D eigenvalue weighted by Crippen LogP contribution is 2.33. The van der Waals surface area contributed by atoms with E-state index in [-0.39, 0.29) is 17.7 Å². The van der Waals surface area contributed by atoms with Crippen molar-refractivity contribution in [2.75, 3.05) is 32.6 Å². The summed E-state index contributed by atoms with van der Waals surface area (Å²) in [5, 5.41) is 3.12. The van der Waals surface area contributed by atoms with Crippen LogP contribution >= 0.6 is 0 Å². The Labute approximate surface area is 217 Å². The van der Waals surface area contributed by atoms with Crippen LogP contribution in [0.15, 0.2) is 36.8 Å². The lowest BCUT2D eigenvalue weighted by molar-refractivity contribution is 0.0667.